The Hall–Kier alpha value is -1.15. The summed E-state index contributed by atoms with van der Waals surface area (Å²) in [6, 6.07) is 5.99. The molecule has 0 radical (unpaired) electrons. The van der Waals surface area contributed by atoms with Gasteiger partial charge in [-0.1, -0.05) is 17.7 Å². The third kappa shape index (κ3) is 2.66. The highest BCUT2D eigenvalue weighted by atomic mass is 35.5. The molecule has 1 aromatic rings. The van der Waals surface area contributed by atoms with Gasteiger partial charge >= 0.3 is 0 Å². The molecule has 1 aliphatic rings. The first-order valence-corrected chi connectivity index (χ1v) is 5.56. The first kappa shape index (κ1) is 10.4. The number of benzene rings is 1. The van der Waals surface area contributed by atoms with Crippen LogP contribution in [0, 0.1) is 6.92 Å². The van der Waals surface area contributed by atoms with Crippen LogP contribution in [0.25, 0.3) is 0 Å². The van der Waals surface area contributed by atoms with E-state index in [0.29, 0.717) is 0 Å². The number of aryl methyl sites for hydroxylation is 1. The third-order valence-electron chi connectivity index (χ3n) is 2.59. The molecule has 0 amide bonds. The van der Waals surface area contributed by atoms with Crippen LogP contribution in [0.1, 0.15) is 17.5 Å². The third-order valence-corrected chi connectivity index (χ3v) is 2.82. The van der Waals surface area contributed by atoms with Gasteiger partial charge in [0.2, 0.25) is 0 Å². The zero-order valence-electron chi connectivity index (χ0n) is 8.81. The predicted molar refractivity (Wildman–Crippen MR) is 63.7 cm³/mol. The van der Waals surface area contributed by atoms with Gasteiger partial charge in [0.25, 0.3) is 0 Å². The molecule has 1 aromatic carbocycles. The SMILES string of the molecule is Cc1ccc(Cl)cc1CNC1=CCCN1. The summed E-state index contributed by atoms with van der Waals surface area (Å²) in [4.78, 5) is 0. The van der Waals surface area contributed by atoms with Gasteiger partial charge in [0.1, 0.15) is 0 Å². The Bertz CT molecular complexity index is 385. The van der Waals surface area contributed by atoms with Gasteiger partial charge in [0, 0.05) is 18.1 Å². The van der Waals surface area contributed by atoms with Crippen LogP contribution in [0.3, 0.4) is 0 Å². The van der Waals surface area contributed by atoms with Crippen LogP contribution in [0.4, 0.5) is 0 Å². The Kier molecular flexibility index (Phi) is 3.17. The first-order chi connectivity index (χ1) is 7.25. The van der Waals surface area contributed by atoms with Gasteiger partial charge in [0.15, 0.2) is 0 Å². The molecule has 3 heteroatoms. The molecule has 0 saturated carbocycles. The lowest BCUT2D eigenvalue weighted by Gasteiger charge is -2.10. The molecule has 15 heavy (non-hydrogen) atoms. The minimum Gasteiger partial charge on any atom is -0.372 e. The summed E-state index contributed by atoms with van der Waals surface area (Å²) < 4.78 is 0. The van der Waals surface area contributed by atoms with Crippen molar-refractivity contribution in [2.45, 2.75) is 19.9 Å². The average Bonchev–Trinajstić information content (AvgIpc) is 2.72. The molecule has 0 fully saturated rings. The molecule has 0 spiro atoms. The molecule has 0 aliphatic carbocycles. The summed E-state index contributed by atoms with van der Waals surface area (Å²) in [5, 5.41) is 7.43. The average molecular weight is 223 g/mol. The van der Waals surface area contributed by atoms with Crippen molar-refractivity contribution in [3.8, 4) is 0 Å². The van der Waals surface area contributed by atoms with Gasteiger partial charge in [-0.15, -0.1) is 0 Å². The fraction of sp³-hybridized carbons (Fsp3) is 0.333. The number of hydrogen-bond donors (Lipinski definition) is 2. The first-order valence-electron chi connectivity index (χ1n) is 5.18. The lowest BCUT2D eigenvalue weighted by molar-refractivity contribution is 0.723. The van der Waals surface area contributed by atoms with Crippen LogP contribution >= 0.6 is 11.6 Å². The van der Waals surface area contributed by atoms with Crippen molar-refractivity contribution in [1.82, 2.24) is 10.6 Å². The van der Waals surface area contributed by atoms with E-state index >= 15 is 0 Å². The molecule has 0 atom stereocenters. The highest BCUT2D eigenvalue weighted by molar-refractivity contribution is 6.30. The fourth-order valence-corrected chi connectivity index (χ4v) is 1.85. The van der Waals surface area contributed by atoms with Crippen molar-refractivity contribution in [3.05, 3.63) is 46.2 Å². The Labute approximate surface area is 95.3 Å². The minimum atomic E-state index is 0.797. The molecule has 2 N–H and O–H groups in total. The van der Waals surface area contributed by atoms with E-state index in [1.807, 2.05) is 12.1 Å². The summed E-state index contributed by atoms with van der Waals surface area (Å²) in [7, 11) is 0. The van der Waals surface area contributed by atoms with Crippen LogP contribution in [0.2, 0.25) is 5.02 Å². The van der Waals surface area contributed by atoms with Crippen LogP contribution in [0.5, 0.6) is 0 Å². The minimum absolute atomic E-state index is 0.797. The second-order valence-electron chi connectivity index (χ2n) is 3.76. The second-order valence-corrected chi connectivity index (χ2v) is 4.19. The van der Waals surface area contributed by atoms with Crippen LogP contribution in [0.15, 0.2) is 30.1 Å². The predicted octanol–water partition coefficient (Wildman–Crippen LogP) is 2.57. The van der Waals surface area contributed by atoms with E-state index in [4.69, 9.17) is 11.6 Å². The monoisotopic (exact) mass is 222 g/mol. The molecule has 0 unspecified atom stereocenters. The molecule has 2 nitrogen and oxygen atoms in total. The van der Waals surface area contributed by atoms with Gasteiger partial charge in [-0.25, -0.2) is 0 Å². The summed E-state index contributed by atoms with van der Waals surface area (Å²) in [5.41, 5.74) is 2.52. The Balaban J connectivity index is 2.00. The number of halogens is 1. The maximum absolute atomic E-state index is 5.95. The fourth-order valence-electron chi connectivity index (χ4n) is 1.65. The van der Waals surface area contributed by atoms with Crippen molar-refractivity contribution in [2.24, 2.45) is 0 Å². The number of nitrogens with one attached hydrogen (secondary N) is 2. The highest BCUT2D eigenvalue weighted by Crippen LogP contribution is 2.15. The van der Waals surface area contributed by atoms with Gasteiger partial charge in [0.05, 0.1) is 5.82 Å². The zero-order valence-corrected chi connectivity index (χ0v) is 9.56. The van der Waals surface area contributed by atoms with Crippen molar-refractivity contribution in [3.63, 3.8) is 0 Å². The lowest BCUT2D eigenvalue weighted by Crippen LogP contribution is -2.22. The van der Waals surface area contributed by atoms with E-state index in [1.54, 1.807) is 0 Å². The quantitative estimate of drug-likeness (QED) is 0.822. The van der Waals surface area contributed by atoms with E-state index in [1.165, 1.54) is 11.1 Å². The largest absolute Gasteiger partial charge is 0.372 e. The van der Waals surface area contributed by atoms with Gasteiger partial charge < -0.3 is 10.6 Å². The Morgan fingerprint density at radius 3 is 3.07 bits per heavy atom. The zero-order chi connectivity index (χ0) is 10.7. The van der Waals surface area contributed by atoms with Gasteiger partial charge in [-0.05, 0) is 42.7 Å². The summed E-state index contributed by atoms with van der Waals surface area (Å²) in [6.07, 6.45) is 3.29. The van der Waals surface area contributed by atoms with E-state index in [-0.39, 0.29) is 0 Å². The number of hydrogen-bond acceptors (Lipinski definition) is 2. The smallest absolute Gasteiger partial charge is 0.0948 e. The van der Waals surface area contributed by atoms with Gasteiger partial charge in [-0.2, -0.15) is 0 Å². The van der Waals surface area contributed by atoms with Crippen molar-refractivity contribution in [1.29, 1.82) is 0 Å². The lowest BCUT2D eigenvalue weighted by atomic mass is 10.1. The van der Waals surface area contributed by atoms with Crippen LogP contribution in [-0.4, -0.2) is 6.54 Å². The number of rotatable bonds is 3. The maximum atomic E-state index is 5.95. The van der Waals surface area contributed by atoms with E-state index in [0.717, 1.165) is 30.4 Å². The Morgan fingerprint density at radius 2 is 2.33 bits per heavy atom. The highest BCUT2D eigenvalue weighted by Gasteiger charge is 2.03. The summed E-state index contributed by atoms with van der Waals surface area (Å²) in [6.45, 7) is 3.96. The van der Waals surface area contributed by atoms with Crippen LogP contribution < -0.4 is 10.6 Å². The van der Waals surface area contributed by atoms with Gasteiger partial charge in [-0.3, -0.25) is 0 Å². The molecular formula is C12H15ClN2. The molecular weight excluding hydrogens is 208 g/mol. The van der Waals surface area contributed by atoms with E-state index in [9.17, 15) is 0 Å². The van der Waals surface area contributed by atoms with Crippen molar-refractivity contribution < 1.29 is 0 Å². The van der Waals surface area contributed by atoms with Crippen LogP contribution in [-0.2, 0) is 6.54 Å². The molecule has 2 rings (SSSR count). The molecule has 0 saturated heterocycles. The van der Waals surface area contributed by atoms with E-state index < -0.39 is 0 Å². The van der Waals surface area contributed by atoms with Crippen molar-refractivity contribution >= 4 is 11.6 Å². The molecule has 0 aromatic heterocycles. The molecule has 80 valence electrons. The van der Waals surface area contributed by atoms with E-state index in [2.05, 4.69) is 29.7 Å². The normalized spacial score (nSPS) is 14.7. The summed E-state index contributed by atoms with van der Waals surface area (Å²) in [5.74, 6) is 1.13. The molecule has 1 aliphatic heterocycles. The topological polar surface area (TPSA) is 24.1 Å². The maximum Gasteiger partial charge on any atom is 0.0948 e. The second kappa shape index (κ2) is 4.58. The molecule has 1 heterocycles. The molecule has 0 bridgehead atoms. The summed E-state index contributed by atoms with van der Waals surface area (Å²) >= 11 is 5.95. The standard InChI is InChI=1S/C12H15ClN2/c1-9-4-5-11(13)7-10(9)8-15-12-3-2-6-14-12/h3-5,7,14-15H,2,6,8H2,1H3. The van der Waals surface area contributed by atoms with Crippen molar-refractivity contribution in [2.75, 3.05) is 6.54 Å². The Morgan fingerprint density at radius 1 is 1.47 bits per heavy atom.